The van der Waals surface area contributed by atoms with E-state index in [4.69, 9.17) is 4.74 Å². The fourth-order valence-corrected chi connectivity index (χ4v) is 3.25. The molecule has 1 amide bonds. The standard InChI is InChI=1S/C17H19NO4/c1-9(2)10-5-3-4-6-11(10)18-16(19)14-12-7-8-13(22-12)15(14)17(20)21/h3-9,12-15H,1-2H3,(H,18,19)(H,20,21)/t12-,13-,14+,15-/m0/s1. The number of benzene rings is 1. The Morgan fingerprint density at radius 2 is 1.77 bits per heavy atom. The molecular weight excluding hydrogens is 282 g/mol. The fraction of sp³-hybridized carbons (Fsp3) is 0.412. The van der Waals surface area contributed by atoms with Crippen LogP contribution in [0.5, 0.6) is 0 Å². The Morgan fingerprint density at radius 1 is 1.14 bits per heavy atom. The average Bonchev–Trinajstić information content (AvgIpc) is 3.08. The summed E-state index contributed by atoms with van der Waals surface area (Å²) >= 11 is 0. The first kappa shape index (κ1) is 14.8. The third kappa shape index (κ3) is 2.41. The number of carbonyl (C=O) groups is 2. The lowest BCUT2D eigenvalue weighted by Crippen LogP contribution is -2.39. The highest BCUT2D eigenvalue weighted by molar-refractivity contribution is 5.97. The summed E-state index contributed by atoms with van der Waals surface area (Å²) in [5, 5.41) is 12.3. The molecule has 1 fully saturated rings. The second-order valence-electron chi connectivity index (χ2n) is 6.07. The molecule has 0 radical (unpaired) electrons. The van der Waals surface area contributed by atoms with Crippen LogP contribution in [0.4, 0.5) is 5.69 Å². The first-order valence-electron chi connectivity index (χ1n) is 7.45. The van der Waals surface area contributed by atoms with Crippen molar-refractivity contribution in [1.29, 1.82) is 0 Å². The van der Waals surface area contributed by atoms with Crippen LogP contribution in [0.1, 0.15) is 25.3 Å². The normalized spacial score (nSPS) is 29.0. The predicted molar refractivity (Wildman–Crippen MR) is 81.6 cm³/mol. The number of anilines is 1. The van der Waals surface area contributed by atoms with Gasteiger partial charge in [0.15, 0.2) is 0 Å². The molecule has 5 heteroatoms. The summed E-state index contributed by atoms with van der Waals surface area (Å²) < 4.78 is 5.54. The van der Waals surface area contributed by atoms with Crippen LogP contribution in [-0.2, 0) is 14.3 Å². The molecule has 0 spiro atoms. The number of aliphatic carboxylic acids is 1. The highest BCUT2D eigenvalue weighted by Crippen LogP contribution is 2.40. The number of carboxylic acid groups (broad SMARTS) is 1. The summed E-state index contributed by atoms with van der Waals surface area (Å²) in [6, 6.07) is 7.58. The van der Waals surface area contributed by atoms with Crippen molar-refractivity contribution in [1.82, 2.24) is 0 Å². The molecule has 0 aliphatic carbocycles. The molecule has 2 bridgehead atoms. The summed E-state index contributed by atoms with van der Waals surface area (Å²) in [7, 11) is 0. The highest BCUT2D eigenvalue weighted by Gasteiger charge is 2.53. The number of carbonyl (C=O) groups excluding carboxylic acids is 1. The molecule has 1 saturated heterocycles. The fourth-order valence-electron chi connectivity index (χ4n) is 3.25. The van der Waals surface area contributed by atoms with Crippen molar-refractivity contribution in [2.24, 2.45) is 11.8 Å². The van der Waals surface area contributed by atoms with Crippen molar-refractivity contribution < 1.29 is 19.4 Å². The van der Waals surface area contributed by atoms with Crippen LogP contribution in [0.25, 0.3) is 0 Å². The van der Waals surface area contributed by atoms with E-state index >= 15 is 0 Å². The molecule has 0 saturated carbocycles. The summed E-state index contributed by atoms with van der Waals surface area (Å²) in [4.78, 5) is 24.0. The monoisotopic (exact) mass is 301 g/mol. The Hall–Kier alpha value is -2.14. The summed E-state index contributed by atoms with van der Waals surface area (Å²) in [5.41, 5.74) is 1.76. The van der Waals surface area contributed by atoms with E-state index < -0.39 is 30.0 Å². The van der Waals surface area contributed by atoms with Crippen molar-refractivity contribution in [3.63, 3.8) is 0 Å². The number of carboxylic acids is 1. The Balaban J connectivity index is 1.83. The van der Waals surface area contributed by atoms with Gasteiger partial charge in [0.25, 0.3) is 0 Å². The molecule has 4 atom stereocenters. The predicted octanol–water partition coefficient (Wildman–Crippen LogP) is 2.40. The molecule has 22 heavy (non-hydrogen) atoms. The second-order valence-corrected chi connectivity index (χ2v) is 6.07. The van der Waals surface area contributed by atoms with Crippen LogP contribution in [0, 0.1) is 11.8 Å². The zero-order chi connectivity index (χ0) is 15.9. The van der Waals surface area contributed by atoms with E-state index in [9.17, 15) is 14.7 Å². The van der Waals surface area contributed by atoms with Crippen molar-refractivity contribution in [2.75, 3.05) is 5.32 Å². The molecule has 2 N–H and O–H groups in total. The molecule has 0 aromatic heterocycles. The van der Waals surface area contributed by atoms with Gasteiger partial charge in [0, 0.05) is 5.69 Å². The summed E-state index contributed by atoms with van der Waals surface area (Å²) in [5.74, 6) is -2.52. The number of hydrogen-bond donors (Lipinski definition) is 2. The Kier molecular flexibility index (Phi) is 3.74. The molecule has 3 rings (SSSR count). The quantitative estimate of drug-likeness (QED) is 0.837. The third-order valence-corrected chi connectivity index (χ3v) is 4.33. The van der Waals surface area contributed by atoms with E-state index in [1.165, 1.54) is 0 Å². The van der Waals surface area contributed by atoms with E-state index in [1.54, 1.807) is 12.2 Å². The maximum atomic E-state index is 12.6. The molecule has 1 aromatic rings. The summed E-state index contributed by atoms with van der Waals surface area (Å²) in [6.45, 7) is 4.10. The SMILES string of the molecule is CC(C)c1ccccc1NC(=O)[C@H]1[C@@H](C(=O)O)[C@@H]2C=C[C@@H]1O2. The van der Waals surface area contributed by atoms with E-state index in [-0.39, 0.29) is 11.8 Å². The first-order chi connectivity index (χ1) is 10.5. The van der Waals surface area contributed by atoms with Crippen molar-refractivity contribution in [2.45, 2.75) is 32.0 Å². The minimum absolute atomic E-state index is 0.267. The van der Waals surface area contributed by atoms with Crippen LogP contribution in [-0.4, -0.2) is 29.2 Å². The van der Waals surface area contributed by atoms with Gasteiger partial charge in [0.05, 0.1) is 18.1 Å². The lowest BCUT2D eigenvalue weighted by Gasteiger charge is -2.22. The Labute approximate surface area is 129 Å². The molecule has 1 aromatic carbocycles. The molecule has 116 valence electrons. The molecule has 2 aliphatic rings. The number of rotatable bonds is 4. The van der Waals surface area contributed by atoms with Crippen LogP contribution in [0.3, 0.4) is 0 Å². The maximum absolute atomic E-state index is 12.6. The molecular formula is C17H19NO4. The number of ether oxygens (including phenoxy) is 1. The number of amides is 1. The molecule has 2 aliphatic heterocycles. The van der Waals surface area contributed by atoms with Gasteiger partial charge in [-0.25, -0.2) is 0 Å². The van der Waals surface area contributed by atoms with Gasteiger partial charge in [-0.05, 0) is 17.5 Å². The van der Waals surface area contributed by atoms with Crippen LogP contribution in [0.15, 0.2) is 36.4 Å². The van der Waals surface area contributed by atoms with Gasteiger partial charge in [-0.3, -0.25) is 9.59 Å². The van der Waals surface area contributed by atoms with Crippen molar-refractivity contribution in [3.05, 3.63) is 42.0 Å². The van der Waals surface area contributed by atoms with Gasteiger partial charge in [0.1, 0.15) is 5.92 Å². The largest absolute Gasteiger partial charge is 0.481 e. The highest BCUT2D eigenvalue weighted by atomic mass is 16.5. The van der Waals surface area contributed by atoms with Gasteiger partial charge in [-0.2, -0.15) is 0 Å². The lowest BCUT2D eigenvalue weighted by molar-refractivity contribution is -0.145. The van der Waals surface area contributed by atoms with Crippen molar-refractivity contribution in [3.8, 4) is 0 Å². The Bertz CT molecular complexity index is 637. The number of hydrogen-bond acceptors (Lipinski definition) is 3. The van der Waals surface area contributed by atoms with Gasteiger partial charge < -0.3 is 15.2 Å². The van der Waals surface area contributed by atoms with Crippen LogP contribution >= 0.6 is 0 Å². The van der Waals surface area contributed by atoms with E-state index in [0.717, 1.165) is 11.3 Å². The lowest BCUT2D eigenvalue weighted by atomic mass is 9.82. The number of fused-ring (bicyclic) bond motifs is 2. The van der Waals surface area contributed by atoms with E-state index in [1.807, 2.05) is 24.3 Å². The zero-order valence-electron chi connectivity index (χ0n) is 12.5. The minimum Gasteiger partial charge on any atom is -0.481 e. The van der Waals surface area contributed by atoms with Gasteiger partial charge in [0.2, 0.25) is 5.91 Å². The van der Waals surface area contributed by atoms with Gasteiger partial charge >= 0.3 is 5.97 Å². The number of nitrogens with one attached hydrogen (secondary N) is 1. The Morgan fingerprint density at radius 3 is 2.41 bits per heavy atom. The topological polar surface area (TPSA) is 75.6 Å². The first-order valence-corrected chi connectivity index (χ1v) is 7.45. The minimum atomic E-state index is -0.992. The number of para-hydroxylation sites is 1. The molecule has 0 unspecified atom stereocenters. The van der Waals surface area contributed by atoms with Crippen molar-refractivity contribution >= 4 is 17.6 Å². The van der Waals surface area contributed by atoms with E-state index in [2.05, 4.69) is 19.2 Å². The smallest absolute Gasteiger partial charge is 0.310 e. The second kappa shape index (κ2) is 5.57. The zero-order valence-corrected chi connectivity index (χ0v) is 12.5. The average molecular weight is 301 g/mol. The summed E-state index contributed by atoms with van der Waals surface area (Å²) in [6.07, 6.45) is 2.56. The van der Waals surface area contributed by atoms with Crippen LogP contribution < -0.4 is 5.32 Å². The molecule has 2 heterocycles. The van der Waals surface area contributed by atoms with Gasteiger partial charge in [-0.15, -0.1) is 0 Å². The van der Waals surface area contributed by atoms with E-state index in [0.29, 0.717) is 0 Å². The molecule has 5 nitrogen and oxygen atoms in total. The van der Waals surface area contributed by atoms with Crippen LogP contribution in [0.2, 0.25) is 0 Å². The maximum Gasteiger partial charge on any atom is 0.310 e. The third-order valence-electron chi connectivity index (χ3n) is 4.33. The van der Waals surface area contributed by atoms with Gasteiger partial charge in [-0.1, -0.05) is 44.2 Å².